The van der Waals surface area contributed by atoms with Crippen molar-refractivity contribution in [1.82, 2.24) is 15.0 Å². The molecular weight excluding hydrogens is 318 g/mol. The minimum absolute atomic E-state index is 0.0652. The van der Waals surface area contributed by atoms with E-state index in [1.165, 1.54) is 18.0 Å². The highest BCUT2D eigenvalue weighted by molar-refractivity contribution is 5.91. The van der Waals surface area contributed by atoms with E-state index in [4.69, 9.17) is 9.47 Å². The largest absolute Gasteiger partial charge is 0.486 e. The first-order valence-electron chi connectivity index (χ1n) is 7.08. The van der Waals surface area contributed by atoms with Crippen molar-refractivity contribution in [3.63, 3.8) is 0 Å². The number of methoxy groups -OCH3 is 1. The number of hydrogen-bond acceptors (Lipinski definition) is 7. The highest BCUT2D eigenvalue weighted by atomic mass is 16.6. The summed E-state index contributed by atoms with van der Waals surface area (Å²) in [4.78, 5) is 23.1. The molecule has 3 rings (SSSR count). The Balaban J connectivity index is 1.58. The minimum Gasteiger partial charge on any atom is -0.486 e. The molecule has 0 bridgehead atoms. The first-order chi connectivity index (χ1) is 11.6. The van der Waals surface area contributed by atoms with Crippen LogP contribution >= 0.6 is 0 Å². The number of ether oxygens (including phenoxy) is 3. The predicted octanol–water partition coefficient (Wildman–Crippen LogP) is 0.866. The predicted molar refractivity (Wildman–Crippen MR) is 82.1 cm³/mol. The molecule has 10 nitrogen and oxygen atoms in total. The van der Waals surface area contributed by atoms with Gasteiger partial charge >= 0.3 is 6.09 Å². The smallest absolute Gasteiger partial charge is 0.412 e. The maximum absolute atomic E-state index is 12.1. The topological polar surface area (TPSA) is 117 Å². The first kappa shape index (κ1) is 15.6. The van der Waals surface area contributed by atoms with Crippen molar-refractivity contribution >= 4 is 23.5 Å². The third kappa shape index (κ3) is 3.72. The summed E-state index contributed by atoms with van der Waals surface area (Å²) in [5, 5.41) is 12.5. The van der Waals surface area contributed by atoms with E-state index in [0.29, 0.717) is 30.4 Å². The van der Waals surface area contributed by atoms with E-state index in [0.717, 1.165) is 0 Å². The molecule has 1 aliphatic rings. The van der Waals surface area contributed by atoms with Crippen molar-refractivity contribution in [2.24, 2.45) is 0 Å². The second-order valence-electron chi connectivity index (χ2n) is 4.82. The SMILES string of the molecule is COC(=O)Nc1cn(CC(=O)Nc2ccc3c(c2)OCCO3)nn1. The molecule has 2 heterocycles. The maximum Gasteiger partial charge on any atom is 0.412 e. The molecule has 2 aromatic rings. The van der Waals surface area contributed by atoms with Gasteiger partial charge in [-0.2, -0.15) is 0 Å². The lowest BCUT2D eigenvalue weighted by atomic mass is 10.2. The molecule has 0 unspecified atom stereocenters. The van der Waals surface area contributed by atoms with Crippen LogP contribution in [-0.2, 0) is 16.1 Å². The van der Waals surface area contributed by atoms with Gasteiger partial charge in [-0.05, 0) is 12.1 Å². The van der Waals surface area contributed by atoms with Crippen LogP contribution in [0.15, 0.2) is 24.4 Å². The number of rotatable bonds is 4. The van der Waals surface area contributed by atoms with Crippen LogP contribution in [0.25, 0.3) is 0 Å². The normalized spacial score (nSPS) is 12.4. The first-order valence-corrected chi connectivity index (χ1v) is 7.08. The molecular formula is C14H15N5O5. The van der Waals surface area contributed by atoms with Crippen molar-refractivity contribution in [3.8, 4) is 11.5 Å². The van der Waals surface area contributed by atoms with E-state index in [-0.39, 0.29) is 18.3 Å². The van der Waals surface area contributed by atoms with Gasteiger partial charge in [0.1, 0.15) is 19.8 Å². The Morgan fingerprint density at radius 2 is 2.04 bits per heavy atom. The van der Waals surface area contributed by atoms with Crippen LogP contribution in [-0.4, -0.2) is 47.3 Å². The standard InChI is InChI=1S/C14H15N5O5/c1-22-14(21)16-12-7-19(18-17-12)8-13(20)15-9-2-3-10-11(6-9)24-5-4-23-10/h2-3,6-7H,4-5,8H2,1H3,(H,15,20)(H,16,21). The molecule has 126 valence electrons. The number of anilines is 2. The molecule has 0 atom stereocenters. The summed E-state index contributed by atoms with van der Waals surface area (Å²) in [6.07, 6.45) is 0.753. The van der Waals surface area contributed by atoms with Crippen LogP contribution in [0, 0.1) is 0 Å². The zero-order valence-electron chi connectivity index (χ0n) is 12.8. The number of aromatic nitrogens is 3. The molecule has 0 saturated heterocycles. The summed E-state index contributed by atoms with van der Waals surface area (Å²) in [6.45, 7) is 0.913. The third-order valence-electron chi connectivity index (χ3n) is 3.09. The Labute approximate surface area is 136 Å². The highest BCUT2D eigenvalue weighted by Gasteiger charge is 2.13. The van der Waals surface area contributed by atoms with Gasteiger partial charge in [0, 0.05) is 11.8 Å². The second kappa shape index (κ2) is 6.86. The van der Waals surface area contributed by atoms with Crippen LogP contribution in [0.5, 0.6) is 11.5 Å². The van der Waals surface area contributed by atoms with E-state index in [2.05, 4.69) is 25.7 Å². The van der Waals surface area contributed by atoms with E-state index in [1.807, 2.05) is 0 Å². The molecule has 24 heavy (non-hydrogen) atoms. The van der Waals surface area contributed by atoms with E-state index < -0.39 is 6.09 Å². The summed E-state index contributed by atoms with van der Waals surface area (Å²) in [6, 6.07) is 5.15. The third-order valence-corrected chi connectivity index (χ3v) is 3.09. The Kier molecular flexibility index (Phi) is 4.45. The lowest BCUT2D eigenvalue weighted by molar-refractivity contribution is -0.116. The molecule has 1 aromatic heterocycles. The lowest BCUT2D eigenvalue weighted by Gasteiger charge is -2.18. The summed E-state index contributed by atoms with van der Waals surface area (Å²) in [7, 11) is 1.24. The van der Waals surface area contributed by atoms with Gasteiger partial charge in [-0.25, -0.2) is 9.48 Å². The molecule has 0 saturated carbocycles. The van der Waals surface area contributed by atoms with Crippen molar-refractivity contribution in [2.75, 3.05) is 31.0 Å². The average molecular weight is 333 g/mol. The Bertz CT molecular complexity index is 760. The van der Waals surface area contributed by atoms with Gasteiger partial charge in [-0.3, -0.25) is 10.1 Å². The van der Waals surface area contributed by atoms with Gasteiger partial charge in [-0.15, -0.1) is 5.10 Å². The van der Waals surface area contributed by atoms with Crippen molar-refractivity contribution in [2.45, 2.75) is 6.54 Å². The van der Waals surface area contributed by atoms with E-state index in [1.54, 1.807) is 18.2 Å². The molecule has 0 fully saturated rings. The fourth-order valence-electron chi connectivity index (χ4n) is 2.06. The van der Waals surface area contributed by atoms with Gasteiger partial charge in [0.25, 0.3) is 0 Å². The summed E-state index contributed by atoms with van der Waals surface area (Å²) < 4.78 is 16.6. The molecule has 0 spiro atoms. The van der Waals surface area contributed by atoms with Crippen LogP contribution in [0.1, 0.15) is 0 Å². The van der Waals surface area contributed by atoms with Crippen molar-refractivity contribution in [1.29, 1.82) is 0 Å². The number of nitrogens with zero attached hydrogens (tertiary/aromatic N) is 3. The maximum atomic E-state index is 12.1. The summed E-state index contributed by atoms with van der Waals surface area (Å²) in [5.41, 5.74) is 0.581. The Hall–Kier alpha value is -3.30. The van der Waals surface area contributed by atoms with Crippen LogP contribution in [0.3, 0.4) is 0 Å². The lowest BCUT2D eigenvalue weighted by Crippen LogP contribution is -2.20. The molecule has 1 aliphatic heterocycles. The molecule has 1 aromatic carbocycles. The van der Waals surface area contributed by atoms with Crippen LogP contribution in [0.2, 0.25) is 0 Å². The number of carbonyl (C=O) groups excluding carboxylic acids is 2. The average Bonchev–Trinajstić information content (AvgIpc) is 3.01. The van der Waals surface area contributed by atoms with E-state index in [9.17, 15) is 9.59 Å². The number of carbonyl (C=O) groups is 2. The summed E-state index contributed by atoms with van der Waals surface area (Å²) in [5.74, 6) is 1.12. The fraction of sp³-hybridized carbons (Fsp3) is 0.286. The van der Waals surface area contributed by atoms with Crippen molar-refractivity contribution in [3.05, 3.63) is 24.4 Å². The number of amides is 2. The monoisotopic (exact) mass is 333 g/mol. The fourth-order valence-corrected chi connectivity index (χ4v) is 2.06. The molecule has 2 amide bonds. The number of hydrogen-bond donors (Lipinski definition) is 2. The Morgan fingerprint density at radius 3 is 2.83 bits per heavy atom. The van der Waals surface area contributed by atoms with Gasteiger partial charge in [0.15, 0.2) is 17.3 Å². The Morgan fingerprint density at radius 1 is 1.25 bits per heavy atom. The van der Waals surface area contributed by atoms with Gasteiger partial charge in [0.05, 0.1) is 13.3 Å². The molecule has 10 heteroatoms. The number of benzene rings is 1. The van der Waals surface area contributed by atoms with Gasteiger partial charge < -0.3 is 19.5 Å². The second-order valence-corrected chi connectivity index (χ2v) is 4.82. The van der Waals surface area contributed by atoms with Gasteiger partial charge in [-0.1, -0.05) is 5.21 Å². The quantitative estimate of drug-likeness (QED) is 0.852. The van der Waals surface area contributed by atoms with Gasteiger partial charge in [0.2, 0.25) is 5.91 Å². The summed E-state index contributed by atoms with van der Waals surface area (Å²) >= 11 is 0. The zero-order chi connectivity index (χ0) is 16.9. The minimum atomic E-state index is -0.664. The van der Waals surface area contributed by atoms with Crippen molar-refractivity contribution < 1.29 is 23.8 Å². The molecule has 0 aliphatic carbocycles. The number of nitrogens with one attached hydrogen (secondary N) is 2. The molecule has 2 N–H and O–H groups in total. The van der Waals surface area contributed by atoms with E-state index >= 15 is 0 Å². The zero-order valence-corrected chi connectivity index (χ0v) is 12.8. The van der Waals surface area contributed by atoms with Crippen LogP contribution in [0.4, 0.5) is 16.3 Å². The number of fused-ring (bicyclic) bond motifs is 1. The highest BCUT2D eigenvalue weighted by Crippen LogP contribution is 2.32. The van der Waals surface area contributed by atoms with Crippen LogP contribution < -0.4 is 20.1 Å². The molecule has 0 radical (unpaired) electrons.